The molecule has 1 heterocycles. The highest BCUT2D eigenvalue weighted by molar-refractivity contribution is 7.89. The lowest BCUT2D eigenvalue weighted by molar-refractivity contribution is 0.0440. The molecule has 0 N–H and O–H groups in total. The van der Waals surface area contributed by atoms with Gasteiger partial charge in [0, 0.05) is 27.2 Å². The largest absolute Gasteiger partial charge is 0.454 e. The maximum Gasteiger partial charge on any atom is 0.338 e. The van der Waals surface area contributed by atoms with E-state index in [1.807, 2.05) is 0 Å². The van der Waals surface area contributed by atoms with Gasteiger partial charge in [-0.3, -0.25) is 0 Å². The molecule has 0 amide bonds. The summed E-state index contributed by atoms with van der Waals surface area (Å²) in [7, 11) is -3.28. The van der Waals surface area contributed by atoms with Crippen LogP contribution in [0.3, 0.4) is 0 Å². The van der Waals surface area contributed by atoms with Crippen molar-refractivity contribution in [3.05, 3.63) is 47.7 Å². The topological polar surface area (TPSA) is 114 Å². The molecule has 2 aromatic rings. The van der Waals surface area contributed by atoms with Crippen molar-refractivity contribution in [3.63, 3.8) is 0 Å². The quantitative estimate of drug-likeness (QED) is 0.571. The Morgan fingerprint density at radius 2 is 1.69 bits per heavy atom. The van der Waals surface area contributed by atoms with Crippen LogP contribution in [0.25, 0.3) is 0 Å². The number of benzene rings is 1. The second kappa shape index (κ2) is 8.66. The molecule has 1 aromatic heterocycles. The molecule has 2 rings (SSSR count). The van der Waals surface area contributed by atoms with Gasteiger partial charge in [0.15, 0.2) is 0 Å². The van der Waals surface area contributed by atoms with Crippen LogP contribution in [-0.2, 0) is 31.4 Å². The number of furan rings is 1. The van der Waals surface area contributed by atoms with Gasteiger partial charge in [0.2, 0.25) is 15.1 Å². The van der Waals surface area contributed by atoms with Crippen LogP contribution in [0.5, 0.6) is 0 Å². The van der Waals surface area contributed by atoms with Gasteiger partial charge in [0.05, 0.1) is 10.5 Å². The predicted molar refractivity (Wildman–Crippen MR) is 105 cm³/mol. The molecule has 0 saturated heterocycles. The molecular formula is C18H24N2O7S2. The zero-order valence-corrected chi connectivity index (χ0v) is 18.5. The van der Waals surface area contributed by atoms with E-state index >= 15 is 0 Å². The Kier molecular flexibility index (Phi) is 6.89. The van der Waals surface area contributed by atoms with Gasteiger partial charge in [0.25, 0.3) is 10.0 Å². The van der Waals surface area contributed by atoms with Gasteiger partial charge in [-0.15, -0.1) is 0 Å². The fourth-order valence-electron chi connectivity index (χ4n) is 2.20. The van der Waals surface area contributed by atoms with Crippen LogP contribution >= 0.6 is 0 Å². The first kappa shape index (κ1) is 23.1. The second-order valence-electron chi connectivity index (χ2n) is 6.73. The lowest BCUT2D eigenvalue weighted by Crippen LogP contribution is -2.33. The van der Waals surface area contributed by atoms with Gasteiger partial charge in [-0.2, -0.15) is 4.31 Å². The number of ether oxygens (including phenoxy) is 1. The number of hydrogen-bond acceptors (Lipinski definition) is 7. The van der Waals surface area contributed by atoms with Gasteiger partial charge in [-0.25, -0.2) is 25.9 Å². The molecule has 0 saturated carbocycles. The number of rotatable bonds is 8. The van der Waals surface area contributed by atoms with E-state index in [0.29, 0.717) is 0 Å². The number of carbonyl (C=O) groups excluding carboxylic acids is 1. The van der Waals surface area contributed by atoms with Gasteiger partial charge in [-0.1, -0.05) is 6.07 Å². The molecule has 160 valence electrons. The Morgan fingerprint density at radius 3 is 2.28 bits per heavy atom. The smallest absolute Gasteiger partial charge is 0.338 e. The molecular weight excluding hydrogens is 420 g/mol. The Hall–Kier alpha value is -2.21. The van der Waals surface area contributed by atoms with E-state index in [9.17, 15) is 21.6 Å². The summed E-state index contributed by atoms with van der Waals surface area (Å²) in [6.45, 7) is 3.18. The molecule has 9 nitrogen and oxygen atoms in total. The maximum atomic E-state index is 12.6. The van der Waals surface area contributed by atoms with Crippen LogP contribution in [0.4, 0.5) is 0 Å². The lowest BCUT2D eigenvalue weighted by atomic mass is 10.2. The molecule has 0 bridgehead atoms. The SMILES string of the molecule is CC(C)N(C)S(=O)(=O)c1cccc(C(=O)OCc2ccc(S(=O)(=O)N(C)C)o2)c1. The highest BCUT2D eigenvalue weighted by Gasteiger charge is 2.25. The lowest BCUT2D eigenvalue weighted by Gasteiger charge is -2.21. The first-order chi connectivity index (χ1) is 13.4. The van der Waals surface area contributed by atoms with E-state index in [2.05, 4.69) is 0 Å². The Balaban J connectivity index is 2.14. The summed E-state index contributed by atoms with van der Waals surface area (Å²) in [6.07, 6.45) is 0. The van der Waals surface area contributed by atoms with Gasteiger partial charge < -0.3 is 9.15 Å². The summed E-state index contributed by atoms with van der Waals surface area (Å²) >= 11 is 0. The van der Waals surface area contributed by atoms with E-state index in [-0.39, 0.29) is 34.0 Å². The molecule has 1 aromatic carbocycles. The van der Waals surface area contributed by atoms with Crippen molar-refractivity contribution in [2.24, 2.45) is 0 Å². The van der Waals surface area contributed by atoms with Crippen molar-refractivity contribution in [3.8, 4) is 0 Å². The average molecular weight is 445 g/mol. The number of esters is 1. The maximum absolute atomic E-state index is 12.6. The van der Waals surface area contributed by atoms with Crippen LogP contribution < -0.4 is 0 Å². The van der Waals surface area contributed by atoms with Crippen molar-refractivity contribution >= 4 is 26.0 Å². The zero-order valence-electron chi connectivity index (χ0n) is 16.8. The number of sulfonamides is 2. The predicted octanol–water partition coefficient (Wildman–Crippen LogP) is 1.92. The van der Waals surface area contributed by atoms with Crippen molar-refractivity contribution < 1.29 is 30.8 Å². The fraction of sp³-hybridized carbons (Fsp3) is 0.389. The highest BCUT2D eigenvalue weighted by atomic mass is 32.2. The van der Waals surface area contributed by atoms with Gasteiger partial charge in [-0.05, 0) is 44.2 Å². The second-order valence-corrected chi connectivity index (χ2v) is 10.8. The summed E-state index contributed by atoms with van der Waals surface area (Å²) in [4.78, 5) is 12.3. The summed E-state index contributed by atoms with van der Waals surface area (Å²) in [6, 6.07) is 7.93. The number of nitrogens with zero attached hydrogens (tertiary/aromatic N) is 2. The minimum atomic E-state index is -3.75. The number of hydrogen-bond donors (Lipinski definition) is 0. The monoisotopic (exact) mass is 444 g/mol. The van der Waals surface area contributed by atoms with Gasteiger partial charge >= 0.3 is 5.97 Å². The Bertz CT molecular complexity index is 1090. The molecule has 0 atom stereocenters. The zero-order chi connectivity index (χ0) is 22.0. The molecule has 29 heavy (non-hydrogen) atoms. The van der Waals surface area contributed by atoms with Crippen molar-refractivity contribution in [2.45, 2.75) is 36.5 Å². The Morgan fingerprint density at radius 1 is 1.03 bits per heavy atom. The van der Waals surface area contributed by atoms with Crippen LogP contribution in [0.2, 0.25) is 0 Å². The summed E-state index contributed by atoms with van der Waals surface area (Å²) < 4.78 is 61.7. The summed E-state index contributed by atoms with van der Waals surface area (Å²) in [5.41, 5.74) is 0.0518. The van der Waals surface area contributed by atoms with Crippen molar-refractivity contribution in [2.75, 3.05) is 21.1 Å². The van der Waals surface area contributed by atoms with Crippen LogP contribution in [0.1, 0.15) is 30.0 Å². The minimum absolute atomic E-state index is 0.0273. The molecule has 11 heteroatoms. The Labute approximate surface area is 171 Å². The van der Waals surface area contributed by atoms with E-state index in [4.69, 9.17) is 9.15 Å². The molecule has 0 fully saturated rings. The van der Waals surface area contributed by atoms with Crippen LogP contribution in [-0.4, -0.2) is 58.6 Å². The van der Waals surface area contributed by atoms with E-state index in [0.717, 1.165) is 4.31 Å². The molecule has 0 spiro atoms. The molecule has 0 unspecified atom stereocenters. The number of carbonyl (C=O) groups is 1. The molecule has 0 aliphatic rings. The van der Waals surface area contributed by atoms with E-state index in [1.165, 1.54) is 61.8 Å². The molecule has 0 aliphatic heterocycles. The minimum Gasteiger partial charge on any atom is -0.454 e. The fourth-order valence-corrected chi connectivity index (χ4v) is 4.43. The molecule has 0 aliphatic carbocycles. The third kappa shape index (κ3) is 5.04. The first-order valence-electron chi connectivity index (χ1n) is 8.64. The van der Waals surface area contributed by atoms with E-state index < -0.39 is 26.0 Å². The molecule has 0 radical (unpaired) electrons. The summed E-state index contributed by atoms with van der Waals surface area (Å²) in [5, 5.41) is -0.265. The van der Waals surface area contributed by atoms with Crippen LogP contribution in [0, 0.1) is 0 Å². The normalized spacial score (nSPS) is 12.7. The van der Waals surface area contributed by atoms with Crippen molar-refractivity contribution in [1.29, 1.82) is 0 Å². The standard InChI is InChI=1S/C18H24N2O7S2/c1-13(2)20(5)28(22,23)16-8-6-7-14(11-16)18(21)26-12-15-9-10-17(27-15)29(24,25)19(3)4/h6-11,13H,12H2,1-5H3. The first-order valence-corrected chi connectivity index (χ1v) is 11.5. The third-order valence-electron chi connectivity index (χ3n) is 4.19. The van der Waals surface area contributed by atoms with Gasteiger partial charge in [0.1, 0.15) is 12.4 Å². The van der Waals surface area contributed by atoms with Crippen molar-refractivity contribution in [1.82, 2.24) is 8.61 Å². The third-order valence-corrected chi connectivity index (χ3v) is 7.91. The summed E-state index contributed by atoms with van der Waals surface area (Å²) in [5.74, 6) is -0.621. The average Bonchev–Trinajstić information content (AvgIpc) is 3.15. The van der Waals surface area contributed by atoms with E-state index in [1.54, 1.807) is 13.8 Å². The highest BCUT2D eigenvalue weighted by Crippen LogP contribution is 2.20. The van der Waals surface area contributed by atoms with Crippen LogP contribution in [0.15, 0.2) is 50.8 Å².